The number of ether oxygens (including phenoxy) is 1. The summed E-state index contributed by atoms with van der Waals surface area (Å²) in [6.07, 6.45) is -0.747. The van der Waals surface area contributed by atoms with E-state index >= 15 is 0 Å². The van der Waals surface area contributed by atoms with Crippen molar-refractivity contribution in [2.24, 2.45) is 0 Å². The van der Waals surface area contributed by atoms with Crippen LogP contribution in [0.4, 0.5) is 13.2 Å². The van der Waals surface area contributed by atoms with Gasteiger partial charge in [-0.3, -0.25) is 4.79 Å². The maximum atomic E-state index is 12.3. The minimum Gasteiger partial charge on any atom is -0.483 e. The lowest BCUT2D eigenvalue weighted by Gasteiger charge is -2.23. The van der Waals surface area contributed by atoms with Crippen LogP contribution in [0.3, 0.4) is 0 Å². The molecule has 1 N–H and O–H groups in total. The summed E-state index contributed by atoms with van der Waals surface area (Å²) in [5, 5.41) is 3.39. The first-order chi connectivity index (χ1) is 12.9. The van der Waals surface area contributed by atoms with Crippen molar-refractivity contribution in [3.63, 3.8) is 0 Å². The molecule has 1 aliphatic heterocycles. The molecule has 0 saturated carbocycles. The Hall–Kier alpha value is -2.41. The van der Waals surface area contributed by atoms with E-state index in [0.717, 1.165) is 31.3 Å². The second-order valence-corrected chi connectivity index (χ2v) is 6.67. The highest BCUT2D eigenvalue weighted by Crippen LogP contribution is 2.24. The van der Waals surface area contributed by atoms with Crippen molar-refractivity contribution in [1.82, 2.24) is 10.3 Å². The number of halogens is 3. The van der Waals surface area contributed by atoms with Crippen LogP contribution in [0.1, 0.15) is 40.4 Å². The van der Waals surface area contributed by atoms with E-state index in [-0.39, 0.29) is 23.6 Å². The minimum atomic E-state index is -4.41. The second-order valence-electron chi connectivity index (χ2n) is 6.67. The average Bonchev–Trinajstić information content (AvgIpc) is 2.67. The SMILES string of the molecule is O=C(Cc1ccc(C2CCCNC2)cc1)c1ccc(OCC(F)(F)F)cn1. The summed E-state index contributed by atoms with van der Waals surface area (Å²) >= 11 is 0. The predicted molar refractivity (Wildman–Crippen MR) is 95.1 cm³/mol. The van der Waals surface area contributed by atoms with Gasteiger partial charge in [0.05, 0.1) is 6.20 Å². The van der Waals surface area contributed by atoms with Gasteiger partial charge in [0.25, 0.3) is 0 Å². The molecule has 3 rings (SSSR count). The molecule has 7 heteroatoms. The molecule has 0 radical (unpaired) electrons. The average molecular weight is 378 g/mol. The highest BCUT2D eigenvalue weighted by molar-refractivity contribution is 5.95. The number of carbonyl (C=O) groups excluding carboxylic acids is 1. The third-order valence-electron chi connectivity index (χ3n) is 4.54. The van der Waals surface area contributed by atoms with Crippen molar-refractivity contribution in [2.75, 3.05) is 19.7 Å². The molecule has 144 valence electrons. The first-order valence-corrected chi connectivity index (χ1v) is 8.89. The van der Waals surface area contributed by atoms with Gasteiger partial charge in [-0.15, -0.1) is 0 Å². The van der Waals surface area contributed by atoms with Gasteiger partial charge in [0.15, 0.2) is 12.4 Å². The lowest BCUT2D eigenvalue weighted by Crippen LogP contribution is -2.28. The maximum absolute atomic E-state index is 12.3. The summed E-state index contributed by atoms with van der Waals surface area (Å²) in [6, 6.07) is 10.7. The quantitative estimate of drug-likeness (QED) is 0.775. The largest absolute Gasteiger partial charge is 0.483 e. The molecule has 2 heterocycles. The van der Waals surface area contributed by atoms with Crippen molar-refractivity contribution >= 4 is 5.78 Å². The number of ketones is 1. The summed E-state index contributed by atoms with van der Waals surface area (Å²) in [6.45, 7) is 0.659. The minimum absolute atomic E-state index is 0.0191. The zero-order chi connectivity index (χ0) is 19.3. The number of aromatic nitrogens is 1. The van der Waals surface area contributed by atoms with E-state index in [2.05, 4.69) is 27.2 Å². The molecule has 0 bridgehead atoms. The van der Waals surface area contributed by atoms with E-state index in [1.807, 2.05) is 12.1 Å². The number of hydrogen-bond acceptors (Lipinski definition) is 4. The van der Waals surface area contributed by atoms with Crippen LogP contribution in [-0.4, -0.2) is 36.6 Å². The Kier molecular flexibility index (Phi) is 6.11. The lowest BCUT2D eigenvalue weighted by atomic mass is 9.91. The van der Waals surface area contributed by atoms with Crippen LogP contribution in [0.5, 0.6) is 5.75 Å². The smallest absolute Gasteiger partial charge is 0.422 e. The van der Waals surface area contributed by atoms with Crippen LogP contribution in [0, 0.1) is 0 Å². The normalized spacial score (nSPS) is 17.5. The fourth-order valence-corrected chi connectivity index (χ4v) is 3.12. The van der Waals surface area contributed by atoms with Crippen LogP contribution in [-0.2, 0) is 6.42 Å². The molecule has 0 aliphatic carbocycles. The van der Waals surface area contributed by atoms with Crippen molar-refractivity contribution < 1.29 is 22.7 Å². The molecule has 27 heavy (non-hydrogen) atoms. The predicted octanol–water partition coefficient (Wildman–Crippen LogP) is 3.92. The van der Waals surface area contributed by atoms with Crippen molar-refractivity contribution in [3.8, 4) is 5.75 Å². The van der Waals surface area contributed by atoms with Crippen LogP contribution in [0.15, 0.2) is 42.6 Å². The molecule has 1 fully saturated rings. The number of rotatable bonds is 6. The van der Waals surface area contributed by atoms with E-state index < -0.39 is 12.8 Å². The number of piperidine rings is 1. The van der Waals surface area contributed by atoms with Crippen LogP contribution < -0.4 is 10.1 Å². The first kappa shape index (κ1) is 19.4. The lowest BCUT2D eigenvalue weighted by molar-refractivity contribution is -0.153. The zero-order valence-corrected chi connectivity index (χ0v) is 14.8. The van der Waals surface area contributed by atoms with E-state index in [1.54, 1.807) is 0 Å². The number of pyridine rings is 1. The molecule has 1 unspecified atom stereocenters. The van der Waals surface area contributed by atoms with Gasteiger partial charge in [0, 0.05) is 13.0 Å². The van der Waals surface area contributed by atoms with E-state index in [1.165, 1.54) is 24.1 Å². The van der Waals surface area contributed by atoms with Crippen molar-refractivity contribution in [1.29, 1.82) is 0 Å². The third kappa shape index (κ3) is 5.79. The van der Waals surface area contributed by atoms with Crippen LogP contribution >= 0.6 is 0 Å². The third-order valence-corrected chi connectivity index (χ3v) is 4.54. The van der Waals surface area contributed by atoms with Gasteiger partial charge < -0.3 is 10.1 Å². The summed E-state index contributed by atoms with van der Waals surface area (Å²) in [4.78, 5) is 16.3. The van der Waals surface area contributed by atoms with Gasteiger partial charge >= 0.3 is 6.18 Å². The molecule has 1 aliphatic rings. The first-order valence-electron chi connectivity index (χ1n) is 8.89. The highest BCUT2D eigenvalue weighted by Gasteiger charge is 2.28. The Morgan fingerprint density at radius 1 is 1.19 bits per heavy atom. The number of hydrogen-bond donors (Lipinski definition) is 1. The topological polar surface area (TPSA) is 51.2 Å². The molecule has 0 spiro atoms. The van der Waals surface area contributed by atoms with E-state index in [0.29, 0.717) is 5.92 Å². The van der Waals surface area contributed by atoms with Gasteiger partial charge in [-0.1, -0.05) is 24.3 Å². The molecular weight excluding hydrogens is 357 g/mol. The molecule has 4 nitrogen and oxygen atoms in total. The maximum Gasteiger partial charge on any atom is 0.422 e. The number of benzene rings is 1. The number of carbonyl (C=O) groups is 1. The fraction of sp³-hybridized carbons (Fsp3) is 0.400. The van der Waals surface area contributed by atoms with Gasteiger partial charge in [-0.05, 0) is 48.6 Å². The zero-order valence-electron chi connectivity index (χ0n) is 14.8. The van der Waals surface area contributed by atoms with Gasteiger partial charge in [-0.2, -0.15) is 13.2 Å². The summed E-state index contributed by atoms with van der Waals surface area (Å²) in [7, 11) is 0. The Balaban J connectivity index is 1.56. The van der Waals surface area contributed by atoms with Gasteiger partial charge in [0.1, 0.15) is 11.4 Å². The summed E-state index contributed by atoms with van der Waals surface area (Å²) in [5.74, 6) is 0.299. The van der Waals surface area contributed by atoms with Crippen LogP contribution in [0.25, 0.3) is 0 Å². The van der Waals surface area contributed by atoms with Crippen molar-refractivity contribution in [2.45, 2.75) is 31.4 Å². The van der Waals surface area contributed by atoms with Crippen molar-refractivity contribution in [3.05, 3.63) is 59.4 Å². The molecule has 0 amide bonds. The molecular formula is C20H21F3N2O2. The van der Waals surface area contributed by atoms with Crippen LogP contribution in [0.2, 0.25) is 0 Å². The molecule has 1 aromatic heterocycles. The fourth-order valence-electron chi connectivity index (χ4n) is 3.12. The highest BCUT2D eigenvalue weighted by atomic mass is 19.4. The summed E-state index contributed by atoms with van der Waals surface area (Å²) in [5.41, 5.74) is 2.35. The summed E-state index contributed by atoms with van der Waals surface area (Å²) < 4.78 is 41.0. The van der Waals surface area contributed by atoms with E-state index in [9.17, 15) is 18.0 Å². The van der Waals surface area contributed by atoms with Gasteiger partial charge in [-0.25, -0.2) is 4.98 Å². The number of Topliss-reactive ketones (excluding diaryl/α,β-unsaturated/α-hetero) is 1. The number of nitrogens with one attached hydrogen (secondary N) is 1. The Morgan fingerprint density at radius 3 is 2.56 bits per heavy atom. The molecule has 1 atom stereocenters. The Morgan fingerprint density at radius 2 is 1.96 bits per heavy atom. The van der Waals surface area contributed by atoms with Gasteiger partial charge in [0.2, 0.25) is 0 Å². The number of alkyl halides is 3. The standard InChI is InChI=1S/C20H21F3N2O2/c21-20(22,23)13-27-17-7-8-18(25-12-17)19(26)10-14-3-5-15(6-4-14)16-2-1-9-24-11-16/h3-8,12,16,24H,1-2,9-11,13H2. The molecule has 1 aromatic carbocycles. The Bertz CT molecular complexity index is 752. The molecule has 1 saturated heterocycles. The Labute approximate surface area is 155 Å². The van der Waals surface area contributed by atoms with E-state index in [4.69, 9.17) is 0 Å². The second kappa shape index (κ2) is 8.52. The number of nitrogens with zero attached hydrogens (tertiary/aromatic N) is 1. The monoisotopic (exact) mass is 378 g/mol. The molecule has 2 aromatic rings.